The minimum absolute atomic E-state index is 0.0829. The summed E-state index contributed by atoms with van der Waals surface area (Å²) in [6.45, 7) is 2.29. The number of aromatic nitrogens is 2. The zero-order valence-electron chi connectivity index (χ0n) is 19.8. The molecule has 0 aliphatic heterocycles. The first-order valence-corrected chi connectivity index (χ1v) is 11.5. The van der Waals surface area contributed by atoms with Gasteiger partial charge in [0.15, 0.2) is 0 Å². The summed E-state index contributed by atoms with van der Waals surface area (Å²) < 4.78 is 1.60. The number of carboxylic acids is 1. The smallest absolute Gasteiger partial charge is 0.323 e. The summed E-state index contributed by atoms with van der Waals surface area (Å²) in [6.07, 6.45) is 3.78. The van der Waals surface area contributed by atoms with Gasteiger partial charge in [0.05, 0.1) is 29.7 Å². The van der Waals surface area contributed by atoms with E-state index in [4.69, 9.17) is 5.11 Å². The fraction of sp³-hybridized carbons (Fsp3) is 0.143. The van der Waals surface area contributed by atoms with Gasteiger partial charge in [-0.1, -0.05) is 42.5 Å². The summed E-state index contributed by atoms with van der Waals surface area (Å²) in [4.78, 5) is 40.5. The van der Waals surface area contributed by atoms with Gasteiger partial charge in [0.1, 0.15) is 0 Å². The van der Waals surface area contributed by atoms with Crippen LogP contribution in [-0.4, -0.2) is 26.7 Å². The van der Waals surface area contributed by atoms with Crippen LogP contribution in [-0.2, 0) is 17.8 Å². The Morgan fingerprint density at radius 3 is 2.36 bits per heavy atom. The lowest BCUT2D eigenvalue weighted by Crippen LogP contribution is -2.22. The molecule has 4 rings (SSSR count). The van der Waals surface area contributed by atoms with Gasteiger partial charge in [-0.05, 0) is 60.4 Å². The molecular formula is C28H26N4O4. The van der Waals surface area contributed by atoms with Crippen molar-refractivity contribution in [2.45, 2.75) is 26.3 Å². The molecule has 0 saturated carbocycles. The lowest BCUT2D eigenvalue weighted by atomic mass is 10.1. The summed E-state index contributed by atoms with van der Waals surface area (Å²) in [5.41, 5.74) is 4.82. The first-order chi connectivity index (χ1) is 17.4. The number of amides is 2. The van der Waals surface area contributed by atoms with E-state index in [0.717, 1.165) is 22.4 Å². The van der Waals surface area contributed by atoms with Crippen molar-refractivity contribution < 1.29 is 14.7 Å². The standard InChI is InChI=1S/C28H26N4O4/c1-19-5-2-3-7-24(19)31-28(36)30-22-13-14-25(29-17-22)23-6-4-16-32(27(23)35)18-21-10-8-20(9-11-21)12-15-26(33)34/h2-11,13-14,16-17H,12,15,18H2,1H3,(H,33,34)(H2,30,31,36). The maximum absolute atomic E-state index is 13.1. The quantitative estimate of drug-likeness (QED) is 0.330. The number of benzene rings is 2. The predicted molar refractivity (Wildman–Crippen MR) is 139 cm³/mol. The molecule has 2 aromatic heterocycles. The van der Waals surface area contributed by atoms with Crippen LogP contribution in [0.25, 0.3) is 11.3 Å². The molecule has 0 unspecified atom stereocenters. The van der Waals surface area contributed by atoms with Crippen molar-refractivity contribution in [1.29, 1.82) is 0 Å². The number of carbonyl (C=O) groups is 2. The van der Waals surface area contributed by atoms with Crippen LogP contribution < -0.4 is 16.2 Å². The highest BCUT2D eigenvalue weighted by Gasteiger charge is 2.10. The Labute approximate surface area is 208 Å². The highest BCUT2D eigenvalue weighted by atomic mass is 16.4. The number of anilines is 2. The molecule has 3 N–H and O–H groups in total. The molecule has 0 bridgehead atoms. The van der Waals surface area contributed by atoms with E-state index in [-0.39, 0.29) is 18.0 Å². The molecule has 0 aliphatic rings. The molecule has 8 heteroatoms. The van der Waals surface area contributed by atoms with Crippen molar-refractivity contribution in [2.75, 3.05) is 10.6 Å². The molecule has 4 aromatic rings. The number of carbonyl (C=O) groups excluding carboxylic acids is 1. The molecule has 0 fully saturated rings. The number of carboxylic acid groups (broad SMARTS) is 1. The highest BCUT2D eigenvalue weighted by molar-refractivity contribution is 6.00. The van der Waals surface area contributed by atoms with E-state index in [1.54, 1.807) is 35.0 Å². The third-order valence-corrected chi connectivity index (χ3v) is 5.71. The Balaban J connectivity index is 1.43. The van der Waals surface area contributed by atoms with Crippen LogP contribution >= 0.6 is 0 Å². The van der Waals surface area contributed by atoms with Gasteiger partial charge in [-0.2, -0.15) is 0 Å². The molecule has 8 nitrogen and oxygen atoms in total. The normalized spacial score (nSPS) is 10.6. The Morgan fingerprint density at radius 1 is 0.917 bits per heavy atom. The third-order valence-electron chi connectivity index (χ3n) is 5.71. The highest BCUT2D eigenvalue weighted by Crippen LogP contribution is 2.17. The molecule has 0 aliphatic carbocycles. The van der Waals surface area contributed by atoms with Gasteiger partial charge >= 0.3 is 12.0 Å². The molecule has 0 radical (unpaired) electrons. The van der Waals surface area contributed by atoms with Gasteiger partial charge in [0, 0.05) is 18.3 Å². The lowest BCUT2D eigenvalue weighted by Gasteiger charge is -2.11. The summed E-state index contributed by atoms with van der Waals surface area (Å²) in [5, 5.41) is 14.4. The Morgan fingerprint density at radius 2 is 1.67 bits per heavy atom. The minimum atomic E-state index is -0.828. The van der Waals surface area contributed by atoms with Gasteiger partial charge in [0.25, 0.3) is 5.56 Å². The zero-order chi connectivity index (χ0) is 25.5. The van der Waals surface area contributed by atoms with Gasteiger partial charge in [-0.25, -0.2) is 4.79 Å². The van der Waals surface area contributed by atoms with Gasteiger partial charge in [-0.15, -0.1) is 0 Å². The van der Waals surface area contributed by atoms with Crippen molar-refractivity contribution in [2.24, 2.45) is 0 Å². The van der Waals surface area contributed by atoms with E-state index < -0.39 is 5.97 Å². The number of urea groups is 1. The number of aryl methyl sites for hydroxylation is 2. The first-order valence-electron chi connectivity index (χ1n) is 11.5. The largest absolute Gasteiger partial charge is 0.481 e. The summed E-state index contributed by atoms with van der Waals surface area (Å²) >= 11 is 0. The second-order valence-electron chi connectivity index (χ2n) is 8.39. The molecule has 2 amide bonds. The molecule has 0 spiro atoms. The van der Waals surface area contributed by atoms with E-state index in [1.807, 2.05) is 55.5 Å². The minimum Gasteiger partial charge on any atom is -0.481 e. The zero-order valence-corrected chi connectivity index (χ0v) is 19.8. The molecule has 182 valence electrons. The summed E-state index contributed by atoms with van der Waals surface area (Å²) in [6, 6.07) is 21.6. The van der Waals surface area contributed by atoms with Crippen molar-refractivity contribution >= 4 is 23.4 Å². The summed E-state index contributed by atoms with van der Waals surface area (Å²) in [7, 11) is 0. The van der Waals surface area contributed by atoms with Crippen molar-refractivity contribution in [3.8, 4) is 11.3 Å². The lowest BCUT2D eigenvalue weighted by molar-refractivity contribution is -0.136. The van der Waals surface area contributed by atoms with E-state index in [2.05, 4.69) is 15.6 Å². The van der Waals surface area contributed by atoms with Crippen LogP contribution in [0.1, 0.15) is 23.1 Å². The van der Waals surface area contributed by atoms with Crippen molar-refractivity contribution in [3.05, 3.63) is 112 Å². The van der Waals surface area contributed by atoms with Crippen LogP contribution in [0.3, 0.4) is 0 Å². The molecule has 36 heavy (non-hydrogen) atoms. The maximum atomic E-state index is 13.1. The number of pyridine rings is 2. The van der Waals surface area contributed by atoms with E-state index >= 15 is 0 Å². The number of hydrogen-bond acceptors (Lipinski definition) is 4. The average Bonchev–Trinajstić information content (AvgIpc) is 2.87. The number of nitrogens with one attached hydrogen (secondary N) is 2. The van der Waals surface area contributed by atoms with Crippen LogP contribution in [0.2, 0.25) is 0 Å². The second-order valence-corrected chi connectivity index (χ2v) is 8.39. The van der Waals surface area contributed by atoms with Crippen LogP contribution in [0.5, 0.6) is 0 Å². The molecule has 2 aromatic carbocycles. The molecule has 2 heterocycles. The number of nitrogens with zero attached hydrogens (tertiary/aromatic N) is 2. The number of hydrogen-bond donors (Lipinski definition) is 3. The number of aliphatic carboxylic acids is 1. The average molecular weight is 483 g/mol. The number of rotatable bonds is 8. The Bertz CT molecular complexity index is 1430. The maximum Gasteiger partial charge on any atom is 0.323 e. The monoisotopic (exact) mass is 482 g/mol. The Hall–Kier alpha value is -4.72. The van der Waals surface area contributed by atoms with Gasteiger partial charge in [0.2, 0.25) is 0 Å². The third kappa shape index (κ3) is 6.24. The number of para-hydroxylation sites is 1. The first kappa shape index (κ1) is 24.4. The predicted octanol–water partition coefficient (Wildman–Crippen LogP) is 4.93. The van der Waals surface area contributed by atoms with Crippen LogP contribution in [0.15, 0.2) is 90.0 Å². The SMILES string of the molecule is Cc1ccccc1NC(=O)Nc1ccc(-c2cccn(Cc3ccc(CCC(=O)O)cc3)c2=O)nc1. The van der Waals surface area contributed by atoms with Gasteiger partial charge in [-0.3, -0.25) is 14.6 Å². The second kappa shape index (κ2) is 11.1. The van der Waals surface area contributed by atoms with Crippen molar-refractivity contribution in [1.82, 2.24) is 9.55 Å². The molecule has 0 atom stereocenters. The molecule has 0 saturated heterocycles. The summed E-state index contributed by atoms with van der Waals surface area (Å²) in [5.74, 6) is -0.828. The molecular weight excluding hydrogens is 456 g/mol. The van der Waals surface area contributed by atoms with Crippen LogP contribution in [0, 0.1) is 6.92 Å². The fourth-order valence-corrected chi connectivity index (χ4v) is 3.74. The van der Waals surface area contributed by atoms with Gasteiger partial charge < -0.3 is 20.3 Å². The Kier molecular flexibility index (Phi) is 7.55. The van der Waals surface area contributed by atoms with E-state index in [1.165, 1.54) is 6.20 Å². The topological polar surface area (TPSA) is 113 Å². The van der Waals surface area contributed by atoms with E-state index in [0.29, 0.717) is 29.9 Å². The fourth-order valence-electron chi connectivity index (χ4n) is 3.74. The van der Waals surface area contributed by atoms with Crippen LogP contribution in [0.4, 0.5) is 16.2 Å². The van der Waals surface area contributed by atoms with Crippen molar-refractivity contribution in [3.63, 3.8) is 0 Å². The van der Waals surface area contributed by atoms with E-state index in [9.17, 15) is 14.4 Å².